The maximum Gasteiger partial charge on any atom is 0.0476 e. The lowest BCUT2D eigenvalue weighted by Gasteiger charge is -2.18. The van der Waals surface area contributed by atoms with Gasteiger partial charge in [-0.2, -0.15) is 0 Å². The van der Waals surface area contributed by atoms with E-state index in [0.717, 1.165) is 5.57 Å². The highest BCUT2D eigenvalue weighted by atomic mass is 14.9. The Morgan fingerprint density at radius 1 is 1.16 bits per heavy atom. The van der Waals surface area contributed by atoms with Crippen LogP contribution in [0.4, 0.5) is 0 Å². The van der Waals surface area contributed by atoms with Crippen LogP contribution >= 0.6 is 0 Å². The van der Waals surface area contributed by atoms with Gasteiger partial charge in [-0.3, -0.25) is 0 Å². The Morgan fingerprint density at radius 2 is 1.79 bits per heavy atom. The Balaban J connectivity index is 4.92. The van der Waals surface area contributed by atoms with Gasteiger partial charge in [0.15, 0.2) is 0 Å². The number of hydrogen-bond donors (Lipinski definition) is 1. The normalized spacial score (nSPS) is 15.5. The lowest BCUT2D eigenvalue weighted by Crippen LogP contribution is -2.26. The highest BCUT2D eigenvalue weighted by Crippen LogP contribution is 2.15. The molecule has 104 valence electrons. The van der Waals surface area contributed by atoms with Crippen LogP contribution in [-0.2, 0) is 0 Å². The van der Waals surface area contributed by atoms with Gasteiger partial charge in [-0.1, -0.05) is 49.6 Å². The summed E-state index contributed by atoms with van der Waals surface area (Å²) in [6, 6.07) is 0.204. The molecular formula is C18H27N. The summed E-state index contributed by atoms with van der Waals surface area (Å²) in [5.74, 6) is 0. The second kappa shape index (κ2) is 9.21. The Morgan fingerprint density at radius 3 is 2.26 bits per heavy atom. The molecule has 0 heterocycles. The topological polar surface area (TPSA) is 12.0 Å². The minimum atomic E-state index is 0.204. The number of allylic oxidation sites excluding steroid dienone is 8. The minimum Gasteiger partial charge on any atom is -0.382 e. The zero-order chi connectivity index (χ0) is 14.8. The first-order chi connectivity index (χ1) is 8.97. The molecule has 0 spiro atoms. The van der Waals surface area contributed by atoms with Crippen LogP contribution in [-0.4, -0.2) is 6.04 Å². The van der Waals surface area contributed by atoms with Gasteiger partial charge in [0.25, 0.3) is 0 Å². The van der Waals surface area contributed by atoms with Gasteiger partial charge in [0.2, 0.25) is 0 Å². The Labute approximate surface area is 118 Å². The molecule has 1 N–H and O–H groups in total. The van der Waals surface area contributed by atoms with E-state index in [9.17, 15) is 0 Å². The summed E-state index contributed by atoms with van der Waals surface area (Å²) in [5.41, 5.74) is 4.71. The average molecular weight is 257 g/mol. The van der Waals surface area contributed by atoms with E-state index in [1.807, 2.05) is 19.1 Å². The van der Waals surface area contributed by atoms with E-state index in [2.05, 4.69) is 64.4 Å². The standard InChI is InChI=1S/C18H27N/c1-8-11-13-14(4)16(6)19-17(7)15(5)18(10-3)12-9-2/h8-13,16,19H,1,4H2,2-3,5-7H3/b12-9-,13-11-,17-15-,18-10+. The zero-order valence-corrected chi connectivity index (χ0v) is 13.0. The van der Waals surface area contributed by atoms with Gasteiger partial charge in [-0.25, -0.2) is 0 Å². The summed E-state index contributed by atoms with van der Waals surface area (Å²) >= 11 is 0. The van der Waals surface area contributed by atoms with Crippen molar-refractivity contribution in [3.8, 4) is 0 Å². The second-order valence-corrected chi connectivity index (χ2v) is 4.53. The molecule has 19 heavy (non-hydrogen) atoms. The molecule has 0 aromatic heterocycles. The monoisotopic (exact) mass is 257 g/mol. The van der Waals surface area contributed by atoms with Crippen LogP contribution in [0.5, 0.6) is 0 Å². The summed E-state index contributed by atoms with van der Waals surface area (Å²) in [5, 5.41) is 3.48. The molecular weight excluding hydrogens is 230 g/mol. The molecule has 0 radical (unpaired) electrons. The van der Waals surface area contributed by atoms with Crippen molar-refractivity contribution in [2.75, 3.05) is 0 Å². The Kier molecular flexibility index (Phi) is 8.35. The van der Waals surface area contributed by atoms with Crippen LogP contribution in [0.25, 0.3) is 0 Å². The van der Waals surface area contributed by atoms with Crippen molar-refractivity contribution in [2.45, 2.75) is 40.7 Å². The van der Waals surface area contributed by atoms with E-state index in [0.29, 0.717) is 0 Å². The molecule has 0 aromatic rings. The van der Waals surface area contributed by atoms with Crippen LogP contribution in [0.1, 0.15) is 34.6 Å². The van der Waals surface area contributed by atoms with Gasteiger partial charge in [0, 0.05) is 11.7 Å². The largest absolute Gasteiger partial charge is 0.382 e. The van der Waals surface area contributed by atoms with Gasteiger partial charge in [0.1, 0.15) is 0 Å². The third kappa shape index (κ3) is 6.10. The molecule has 0 aromatic carbocycles. The summed E-state index contributed by atoms with van der Waals surface area (Å²) in [6.45, 7) is 18.2. The Hall–Kier alpha value is -1.76. The van der Waals surface area contributed by atoms with Crippen molar-refractivity contribution in [1.82, 2.24) is 5.32 Å². The van der Waals surface area contributed by atoms with Crippen molar-refractivity contribution in [3.05, 3.63) is 72.0 Å². The smallest absolute Gasteiger partial charge is 0.0476 e. The quantitative estimate of drug-likeness (QED) is 0.627. The summed E-state index contributed by atoms with van der Waals surface area (Å²) < 4.78 is 0. The molecule has 1 unspecified atom stereocenters. The van der Waals surface area contributed by atoms with Crippen molar-refractivity contribution in [1.29, 1.82) is 0 Å². The molecule has 0 bridgehead atoms. The van der Waals surface area contributed by atoms with E-state index >= 15 is 0 Å². The molecule has 0 aliphatic rings. The van der Waals surface area contributed by atoms with Crippen LogP contribution in [0.3, 0.4) is 0 Å². The van der Waals surface area contributed by atoms with Gasteiger partial charge in [-0.05, 0) is 51.3 Å². The molecule has 0 amide bonds. The minimum absolute atomic E-state index is 0.204. The van der Waals surface area contributed by atoms with Crippen molar-refractivity contribution < 1.29 is 0 Å². The fourth-order valence-electron chi connectivity index (χ4n) is 1.70. The fourth-order valence-corrected chi connectivity index (χ4v) is 1.70. The van der Waals surface area contributed by atoms with E-state index < -0.39 is 0 Å². The number of nitrogens with one attached hydrogen (secondary N) is 1. The molecule has 1 atom stereocenters. The third-order valence-electron chi connectivity index (χ3n) is 3.09. The van der Waals surface area contributed by atoms with Gasteiger partial charge >= 0.3 is 0 Å². The van der Waals surface area contributed by atoms with Crippen molar-refractivity contribution >= 4 is 0 Å². The van der Waals surface area contributed by atoms with Crippen LogP contribution in [0, 0.1) is 0 Å². The molecule has 1 nitrogen and oxygen atoms in total. The average Bonchev–Trinajstić information content (AvgIpc) is 2.40. The van der Waals surface area contributed by atoms with Gasteiger partial charge in [0.05, 0.1) is 0 Å². The molecule has 0 aliphatic carbocycles. The van der Waals surface area contributed by atoms with Crippen molar-refractivity contribution in [3.63, 3.8) is 0 Å². The predicted molar refractivity (Wildman–Crippen MR) is 88.0 cm³/mol. The first kappa shape index (κ1) is 17.2. The first-order valence-corrected chi connectivity index (χ1v) is 6.69. The first-order valence-electron chi connectivity index (χ1n) is 6.69. The van der Waals surface area contributed by atoms with E-state index in [4.69, 9.17) is 0 Å². The molecule has 0 rings (SSSR count). The van der Waals surface area contributed by atoms with E-state index in [1.54, 1.807) is 6.08 Å². The predicted octanol–water partition coefficient (Wildman–Crippen LogP) is 5.08. The SMILES string of the molecule is C=C/C=C\C(=C)C(C)N\C(C)=C(C)/C(/C=C\C)=C/C. The van der Waals surface area contributed by atoms with E-state index in [-0.39, 0.29) is 6.04 Å². The zero-order valence-electron chi connectivity index (χ0n) is 13.0. The number of rotatable bonds is 7. The maximum absolute atomic E-state index is 4.06. The summed E-state index contributed by atoms with van der Waals surface area (Å²) in [6.07, 6.45) is 12.0. The lowest BCUT2D eigenvalue weighted by molar-refractivity contribution is 0.701. The fraction of sp³-hybridized carbons (Fsp3) is 0.333. The second-order valence-electron chi connectivity index (χ2n) is 4.53. The summed E-state index contributed by atoms with van der Waals surface area (Å²) in [7, 11) is 0. The van der Waals surface area contributed by atoms with Gasteiger partial charge < -0.3 is 5.32 Å². The lowest BCUT2D eigenvalue weighted by atomic mass is 10.0. The highest BCUT2D eigenvalue weighted by molar-refractivity contribution is 5.40. The molecule has 0 fully saturated rings. The van der Waals surface area contributed by atoms with E-state index in [1.165, 1.54) is 16.8 Å². The Bertz CT molecular complexity index is 431. The third-order valence-corrected chi connectivity index (χ3v) is 3.09. The van der Waals surface area contributed by atoms with Crippen molar-refractivity contribution in [2.24, 2.45) is 0 Å². The highest BCUT2D eigenvalue weighted by Gasteiger charge is 2.06. The number of hydrogen-bond acceptors (Lipinski definition) is 1. The molecule has 0 saturated carbocycles. The van der Waals surface area contributed by atoms with Gasteiger partial charge in [-0.15, -0.1) is 0 Å². The maximum atomic E-state index is 4.06. The van der Waals surface area contributed by atoms with Crippen LogP contribution in [0.15, 0.2) is 72.0 Å². The molecule has 1 heteroatoms. The van der Waals surface area contributed by atoms with Crippen LogP contribution in [0.2, 0.25) is 0 Å². The molecule has 0 aliphatic heterocycles. The van der Waals surface area contributed by atoms with Crippen LogP contribution < -0.4 is 5.32 Å². The summed E-state index contributed by atoms with van der Waals surface area (Å²) in [4.78, 5) is 0. The molecule has 0 saturated heterocycles.